The molecule has 2 aromatic heterocycles. The van der Waals surface area contributed by atoms with Crippen molar-refractivity contribution in [3.63, 3.8) is 0 Å². The van der Waals surface area contributed by atoms with Crippen molar-refractivity contribution in [1.29, 1.82) is 0 Å². The monoisotopic (exact) mass is 358 g/mol. The highest BCUT2D eigenvalue weighted by molar-refractivity contribution is 5.83. The van der Waals surface area contributed by atoms with Crippen molar-refractivity contribution in [2.45, 2.75) is 24.5 Å². The number of nitrogens with two attached hydrogens (primary N) is 1. The average molecular weight is 358 g/mol. The summed E-state index contributed by atoms with van der Waals surface area (Å²) < 4.78 is 7.00. The van der Waals surface area contributed by atoms with E-state index in [1.807, 2.05) is 30.3 Å². The highest BCUT2D eigenvalue weighted by atomic mass is 16.6. The molecule has 1 aliphatic rings. The summed E-state index contributed by atoms with van der Waals surface area (Å²) in [6.45, 7) is -0.417. The molecule has 4 rings (SSSR count). The number of aromatic nitrogens is 4. The Morgan fingerprint density at radius 1 is 1.15 bits per heavy atom. The molecule has 26 heavy (non-hydrogen) atoms. The van der Waals surface area contributed by atoms with Crippen LogP contribution in [0.5, 0.6) is 0 Å². The molecule has 0 radical (unpaired) electrons. The number of aliphatic hydroxyl groups excluding tert-OH is 3. The molecule has 10 heteroatoms. The Kier molecular flexibility index (Phi) is 4.17. The fourth-order valence-corrected chi connectivity index (χ4v) is 2.94. The molecule has 1 unspecified atom stereocenters. The largest absolute Gasteiger partial charge is 0.394 e. The zero-order chi connectivity index (χ0) is 18.3. The van der Waals surface area contributed by atoms with Gasteiger partial charge < -0.3 is 31.1 Å². The number of aliphatic hydroxyl groups is 3. The fourth-order valence-electron chi connectivity index (χ4n) is 2.94. The number of nitrogens with one attached hydrogen (secondary N) is 1. The van der Waals surface area contributed by atoms with Crippen molar-refractivity contribution >= 4 is 28.6 Å². The van der Waals surface area contributed by atoms with Crippen LogP contribution in [0.3, 0.4) is 0 Å². The quantitative estimate of drug-likeness (QED) is 0.425. The number of nitrogens with zero attached hydrogens (tertiary/aromatic N) is 4. The maximum atomic E-state index is 10.2. The summed E-state index contributed by atoms with van der Waals surface area (Å²) in [5, 5.41) is 32.5. The molecule has 6 N–H and O–H groups in total. The second-order valence-electron chi connectivity index (χ2n) is 5.98. The normalized spacial score (nSPS) is 25.7. The minimum Gasteiger partial charge on any atom is -0.394 e. The maximum Gasteiger partial charge on any atom is 0.231 e. The Labute approximate surface area is 147 Å². The molecule has 1 aromatic carbocycles. The van der Waals surface area contributed by atoms with Gasteiger partial charge in [-0.05, 0) is 12.1 Å². The molecule has 0 spiro atoms. The molecule has 136 valence electrons. The number of hydrogen-bond acceptors (Lipinski definition) is 9. The Morgan fingerprint density at radius 3 is 2.62 bits per heavy atom. The minimum absolute atomic E-state index is 0.166. The van der Waals surface area contributed by atoms with Gasteiger partial charge in [0, 0.05) is 5.69 Å². The summed E-state index contributed by atoms with van der Waals surface area (Å²) >= 11 is 0. The van der Waals surface area contributed by atoms with Crippen LogP contribution in [-0.4, -0.2) is 59.8 Å². The summed E-state index contributed by atoms with van der Waals surface area (Å²) in [7, 11) is 0. The number of para-hydroxylation sites is 1. The average Bonchev–Trinajstić information content (AvgIpc) is 3.18. The van der Waals surface area contributed by atoms with Crippen LogP contribution in [0.25, 0.3) is 11.2 Å². The van der Waals surface area contributed by atoms with Crippen LogP contribution in [0.1, 0.15) is 6.23 Å². The van der Waals surface area contributed by atoms with E-state index in [-0.39, 0.29) is 11.8 Å². The minimum atomic E-state index is -1.24. The van der Waals surface area contributed by atoms with Gasteiger partial charge in [-0.3, -0.25) is 4.57 Å². The lowest BCUT2D eigenvalue weighted by atomic mass is 10.1. The Morgan fingerprint density at radius 2 is 1.92 bits per heavy atom. The summed E-state index contributed by atoms with van der Waals surface area (Å²) in [4.78, 5) is 12.8. The number of ether oxygens (including phenoxy) is 1. The van der Waals surface area contributed by atoms with E-state index in [4.69, 9.17) is 10.5 Å². The van der Waals surface area contributed by atoms with E-state index >= 15 is 0 Å². The van der Waals surface area contributed by atoms with E-state index in [1.54, 1.807) is 0 Å². The maximum absolute atomic E-state index is 10.2. The number of imidazole rings is 1. The Bertz CT molecular complexity index is 918. The van der Waals surface area contributed by atoms with Gasteiger partial charge in [-0.25, -0.2) is 4.98 Å². The van der Waals surface area contributed by atoms with Gasteiger partial charge >= 0.3 is 0 Å². The molecule has 1 fully saturated rings. The molecule has 0 aliphatic carbocycles. The first kappa shape index (κ1) is 16.7. The van der Waals surface area contributed by atoms with E-state index < -0.39 is 31.1 Å². The summed E-state index contributed by atoms with van der Waals surface area (Å²) in [5.41, 5.74) is 7.45. The molecule has 3 heterocycles. The number of hydrogen-bond donors (Lipinski definition) is 5. The summed E-state index contributed by atoms with van der Waals surface area (Å²) in [5.74, 6) is 0.425. The van der Waals surface area contributed by atoms with Crippen LogP contribution >= 0.6 is 0 Å². The lowest BCUT2D eigenvalue weighted by Crippen LogP contribution is -2.33. The van der Waals surface area contributed by atoms with Crippen molar-refractivity contribution in [3.05, 3.63) is 36.7 Å². The van der Waals surface area contributed by atoms with E-state index in [2.05, 4.69) is 20.3 Å². The van der Waals surface area contributed by atoms with Crippen molar-refractivity contribution in [2.75, 3.05) is 17.7 Å². The Balaban J connectivity index is 1.73. The third-order valence-electron chi connectivity index (χ3n) is 4.27. The molecule has 10 nitrogen and oxygen atoms in total. The standard InChI is InChI=1S/C16H18N6O4/c17-13-10-14(21-16(20-13)19-8-4-2-1-3-5-8)22(7-18-10)15-12(25)11(24)9(6-23)26-15/h1-5,7,9,11-12,15,23-25H,6H2,(H3,17,19,20,21)/t9-,11?,12-,15-/m1/s1. The van der Waals surface area contributed by atoms with E-state index in [9.17, 15) is 15.3 Å². The number of rotatable bonds is 4. The zero-order valence-electron chi connectivity index (χ0n) is 13.6. The highest BCUT2D eigenvalue weighted by Gasteiger charge is 2.44. The second-order valence-corrected chi connectivity index (χ2v) is 5.98. The first-order valence-corrected chi connectivity index (χ1v) is 8.03. The predicted molar refractivity (Wildman–Crippen MR) is 92.5 cm³/mol. The molecular formula is C16H18N6O4. The van der Waals surface area contributed by atoms with E-state index in [1.165, 1.54) is 10.9 Å². The molecule has 1 saturated heterocycles. The van der Waals surface area contributed by atoms with Gasteiger partial charge in [-0.15, -0.1) is 0 Å². The molecule has 3 aromatic rings. The van der Waals surface area contributed by atoms with Gasteiger partial charge in [0.25, 0.3) is 0 Å². The van der Waals surface area contributed by atoms with Gasteiger partial charge in [0.1, 0.15) is 23.8 Å². The topological polar surface area (TPSA) is 152 Å². The lowest BCUT2D eigenvalue weighted by molar-refractivity contribution is -0.0511. The molecule has 0 saturated carbocycles. The summed E-state index contributed by atoms with van der Waals surface area (Å²) in [6.07, 6.45) is -2.91. The zero-order valence-corrected chi connectivity index (χ0v) is 13.6. The van der Waals surface area contributed by atoms with Crippen molar-refractivity contribution in [3.8, 4) is 0 Å². The number of anilines is 3. The van der Waals surface area contributed by atoms with Gasteiger partial charge in [0.05, 0.1) is 12.9 Å². The van der Waals surface area contributed by atoms with Crippen LogP contribution in [0.2, 0.25) is 0 Å². The molecular weight excluding hydrogens is 340 g/mol. The van der Waals surface area contributed by atoms with Gasteiger partial charge in [-0.2, -0.15) is 9.97 Å². The lowest BCUT2D eigenvalue weighted by Gasteiger charge is -2.16. The second kappa shape index (κ2) is 6.50. The first-order chi connectivity index (χ1) is 12.6. The highest BCUT2D eigenvalue weighted by Crippen LogP contribution is 2.32. The van der Waals surface area contributed by atoms with Crippen LogP contribution in [0.15, 0.2) is 36.7 Å². The van der Waals surface area contributed by atoms with Crippen LogP contribution in [0.4, 0.5) is 17.5 Å². The third-order valence-corrected chi connectivity index (χ3v) is 4.27. The smallest absolute Gasteiger partial charge is 0.231 e. The van der Waals surface area contributed by atoms with Crippen LogP contribution in [-0.2, 0) is 4.74 Å². The molecule has 4 atom stereocenters. The van der Waals surface area contributed by atoms with Gasteiger partial charge in [-0.1, -0.05) is 18.2 Å². The third kappa shape index (κ3) is 2.74. The SMILES string of the molecule is Nc1nc(Nc2ccccc2)nc2c1ncn2[C@@H]1O[C@H](CO)C(O)[C@H]1O. The van der Waals surface area contributed by atoms with Crippen molar-refractivity contribution in [2.24, 2.45) is 0 Å². The summed E-state index contributed by atoms with van der Waals surface area (Å²) in [6, 6.07) is 9.34. The molecule has 0 bridgehead atoms. The van der Waals surface area contributed by atoms with E-state index in [0.29, 0.717) is 11.2 Å². The predicted octanol–water partition coefficient (Wildman–Crippen LogP) is -0.236. The van der Waals surface area contributed by atoms with Crippen LogP contribution < -0.4 is 11.1 Å². The number of fused-ring (bicyclic) bond motifs is 1. The van der Waals surface area contributed by atoms with Gasteiger partial charge in [0.15, 0.2) is 17.7 Å². The molecule has 0 amide bonds. The van der Waals surface area contributed by atoms with Crippen LogP contribution in [0, 0.1) is 0 Å². The number of benzene rings is 1. The molecule has 1 aliphatic heterocycles. The Hall–Kier alpha value is -2.79. The van der Waals surface area contributed by atoms with Crippen molar-refractivity contribution < 1.29 is 20.1 Å². The fraction of sp³-hybridized carbons (Fsp3) is 0.312. The van der Waals surface area contributed by atoms with Gasteiger partial charge in [0.2, 0.25) is 5.95 Å². The number of nitrogen functional groups attached to an aromatic ring is 1. The first-order valence-electron chi connectivity index (χ1n) is 8.03. The van der Waals surface area contributed by atoms with Crippen molar-refractivity contribution in [1.82, 2.24) is 19.5 Å². The van der Waals surface area contributed by atoms with E-state index in [0.717, 1.165) is 5.69 Å².